The molecule has 1 aromatic carbocycles. The molecule has 29 heavy (non-hydrogen) atoms. The van der Waals surface area contributed by atoms with Gasteiger partial charge in [0.25, 0.3) is 11.5 Å². The largest absolute Gasteiger partial charge is 0.347 e. The van der Waals surface area contributed by atoms with E-state index in [2.05, 4.69) is 20.2 Å². The Labute approximate surface area is 167 Å². The van der Waals surface area contributed by atoms with Gasteiger partial charge in [-0.2, -0.15) is 0 Å². The second-order valence-electron chi connectivity index (χ2n) is 7.85. The third-order valence-corrected chi connectivity index (χ3v) is 5.65. The summed E-state index contributed by atoms with van der Waals surface area (Å²) in [6, 6.07) is 7.04. The minimum Gasteiger partial charge on any atom is -0.347 e. The van der Waals surface area contributed by atoms with Crippen LogP contribution in [0, 0.1) is 0 Å². The number of carbonyl (C=O) groups is 1. The van der Waals surface area contributed by atoms with Crippen molar-refractivity contribution in [3.8, 4) is 0 Å². The minimum atomic E-state index is -0.158. The van der Waals surface area contributed by atoms with Crippen LogP contribution in [0.2, 0.25) is 0 Å². The van der Waals surface area contributed by atoms with E-state index in [1.54, 1.807) is 25.2 Å². The Morgan fingerprint density at radius 2 is 2.03 bits per heavy atom. The van der Waals surface area contributed by atoms with Crippen LogP contribution in [0.5, 0.6) is 0 Å². The van der Waals surface area contributed by atoms with Crippen molar-refractivity contribution < 1.29 is 4.79 Å². The van der Waals surface area contributed by atoms with Gasteiger partial charge in [-0.25, -0.2) is 15.0 Å². The van der Waals surface area contributed by atoms with Crippen LogP contribution in [-0.2, 0) is 7.05 Å². The SMILES string of the molecule is Cn1cnc2cc(C(=O)NC3CCN(c4nccc(C5CC5)n4)C3)ccc2c1=O. The Morgan fingerprint density at radius 1 is 1.17 bits per heavy atom. The number of anilines is 1. The van der Waals surface area contributed by atoms with Crippen LogP contribution in [0.3, 0.4) is 0 Å². The highest BCUT2D eigenvalue weighted by atomic mass is 16.1. The number of hydrogen-bond acceptors (Lipinski definition) is 6. The summed E-state index contributed by atoms with van der Waals surface area (Å²) in [5, 5.41) is 3.59. The molecule has 0 radical (unpaired) electrons. The zero-order valence-electron chi connectivity index (χ0n) is 16.2. The maximum absolute atomic E-state index is 12.7. The summed E-state index contributed by atoms with van der Waals surface area (Å²) in [6.45, 7) is 1.50. The highest BCUT2D eigenvalue weighted by Gasteiger charge is 2.29. The summed E-state index contributed by atoms with van der Waals surface area (Å²) >= 11 is 0. The fourth-order valence-corrected chi connectivity index (χ4v) is 3.80. The third-order valence-electron chi connectivity index (χ3n) is 5.65. The highest BCUT2D eigenvalue weighted by molar-refractivity contribution is 5.97. The van der Waals surface area contributed by atoms with Crippen molar-refractivity contribution in [2.45, 2.75) is 31.2 Å². The Kier molecular flexibility index (Phi) is 4.26. The maximum atomic E-state index is 12.7. The lowest BCUT2D eigenvalue weighted by atomic mass is 10.1. The van der Waals surface area contributed by atoms with Gasteiger partial charge in [-0.1, -0.05) is 0 Å². The summed E-state index contributed by atoms with van der Waals surface area (Å²) in [5.74, 6) is 1.18. The van der Waals surface area contributed by atoms with Gasteiger partial charge >= 0.3 is 0 Å². The van der Waals surface area contributed by atoms with E-state index in [9.17, 15) is 9.59 Å². The number of rotatable bonds is 4. The first-order valence-electron chi connectivity index (χ1n) is 9.92. The number of aromatic nitrogens is 4. The van der Waals surface area contributed by atoms with Gasteiger partial charge in [0.05, 0.1) is 17.2 Å². The van der Waals surface area contributed by atoms with Crippen molar-refractivity contribution >= 4 is 22.8 Å². The van der Waals surface area contributed by atoms with Crippen molar-refractivity contribution in [2.24, 2.45) is 7.05 Å². The monoisotopic (exact) mass is 390 g/mol. The van der Waals surface area contributed by atoms with E-state index in [-0.39, 0.29) is 17.5 Å². The van der Waals surface area contributed by atoms with Crippen molar-refractivity contribution in [3.05, 3.63) is 58.4 Å². The minimum absolute atomic E-state index is 0.0305. The van der Waals surface area contributed by atoms with E-state index in [0.29, 0.717) is 28.9 Å². The van der Waals surface area contributed by atoms with Crippen LogP contribution in [0.1, 0.15) is 41.2 Å². The maximum Gasteiger partial charge on any atom is 0.260 e. The molecular formula is C21H22N6O2. The van der Waals surface area contributed by atoms with E-state index in [4.69, 9.17) is 4.98 Å². The van der Waals surface area contributed by atoms with Gasteiger partial charge in [-0.05, 0) is 43.5 Å². The molecule has 5 rings (SSSR count). The quantitative estimate of drug-likeness (QED) is 0.728. The molecule has 8 heteroatoms. The van der Waals surface area contributed by atoms with Gasteiger partial charge in [0.2, 0.25) is 5.95 Å². The number of amides is 1. The topological polar surface area (TPSA) is 93.0 Å². The molecule has 0 spiro atoms. The number of benzene rings is 1. The molecular weight excluding hydrogens is 368 g/mol. The molecule has 1 aliphatic carbocycles. The summed E-state index contributed by atoms with van der Waals surface area (Å²) < 4.78 is 1.43. The van der Waals surface area contributed by atoms with E-state index in [1.807, 2.05) is 12.3 Å². The second kappa shape index (κ2) is 6.95. The van der Waals surface area contributed by atoms with Crippen LogP contribution in [-0.4, -0.2) is 44.6 Å². The standard InChI is InChI=1S/C21H22N6O2/c1-26-12-23-18-10-14(4-5-16(18)20(26)29)19(28)24-15-7-9-27(11-15)21-22-8-6-17(25-21)13-2-3-13/h4-6,8,10,12-13,15H,2-3,7,9,11H2,1H3,(H,24,28). The molecule has 1 atom stereocenters. The Hall–Kier alpha value is -3.29. The zero-order valence-corrected chi connectivity index (χ0v) is 16.2. The van der Waals surface area contributed by atoms with Crippen LogP contribution in [0.25, 0.3) is 10.9 Å². The molecule has 1 unspecified atom stereocenters. The molecule has 3 heterocycles. The molecule has 3 aromatic rings. The molecule has 0 bridgehead atoms. The summed E-state index contributed by atoms with van der Waals surface area (Å²) in [6.07, 6.45) is 6.56. The van der Waals surface area contributed by atoms with E-state index >= 15 is 0 Å². The zero-order chi connectivity index (χ0) is 20.0. The first-order chi connectivity index (χ1) is 14.1. The Morgan fingerprint density at radius 3 is 2.86 bits per heavy atom. The van der Waals surface area contributed by atoms with E-state index in [0.717, 1.165) is 24.6 Å². The van der Waals surface area contributed by atoms with Crippen molar-refractivity contribution in [3.63, 3.8) is 0 Å². The second-order valence-corrected chi connectivity index (χ2v) is 7.85. The number of aryl methyl sites for hydroxylation is 1. The van der Waals surface area contributed by atoms with Crippen LogP contribution in [0.15, 0.2) is 41.6 Å². The molecule has 1 amide bonds. The van der Waals surface area contributed by atoms with Gasteiger partial charge in [-0.15, -0.1) is 0 Å². The van der Waals surface area contributed by atoms with Crippen molar-refractivity contribution in [1.29, 1.82) is 0 Å². The summed E-state index contributed by atoms with van der Waals surface area (Å²) in [4.78, 5) is 40.3. The molecule has 1 saturated heterocycles. The van der Waals surface area contributed by atoms with Crippen LogP contribution in [0.4, 0.5) is 5.95 Å². The predicted molar refractivity (Wildman–Crippen MR) is 109 cm³/mol. The summed E-state index contributed by atoms with van der Waals surface area (Å²) in [7, 11) is 1.66. The molecule has 1 aliphatic heterocycles. The molecule has 2 fully saturated rings. The Bertz CT molecular complexity index is 1150. The van der Waals surface area contributed by atoms with Crippen LogP contribution < -0.4 is 15.8 Å². The fourth-order valence-electron chi connectivity index (χ4n) is 3.80. The normalized spacial score (nSPS) is 18.9. The number of carbonyl (C=O) groups excluding carboxylic acids is 1. The molecule has 2 aliphatic rings. The molecule has 2 aromatic heterocycles. The first kappa shape index (κ1) is 17.8. The number of fused-ring (bicyclic) bond motifs is 1. The number of nitrogens with one attached hydrogen (secondary N) is 1. The lowest BCUT2D eigenvalue weighted by Crippen LogP contribution is -2.37. The average Bonchev–Trinajstić information content (AvgIpc) is 3.50. The fraction of sp³-hybridized carbons (Fsp3) is 0.381. The van der Waals surface area contributed by atoms with Gasteiger partial charge in [0, 0.05) is 49.6 Å². The molecule has 1 N–H and O–H groups in total. The molecule has 1 saturated carbocycles. The average molecular weight is 390 g/mol. The third kappa shape index (κ3) is 3.46. The highest BCUT2D eigenvalue weighted by Crippen LogP contribution is 2.39. The number of nitrogens with zero attached hydrogens (tertiary/aromatic N) is 5. The van der Waals surface area contributed by atoms with Crippen LogP contribution >= 0.6 is 0 Å². The number of hydrogen-bond donors (Lipinski definition) is 1. The first-order valence-corrected chi connectivity index (χ1v) is 9.92. The van der Waals surface area contributed by atoms with Gasteiger partial charge in [-0.3, -0.25) is 9.59 Å². The van der Waals surface area contributed by atoms with E-state index in [1.165, 1.54) is 23.7 Å². The van der Waals surface area contributed by atoms with Crippen molar-refractivity contribution in [1.82, 2.24) is 24.8 Å². The van der Waals surface area contributed by atoms with Gasteiger partial charge in [0.15, 0.2) is 0 Å². The van der Waals surface area contributed by atoms with E-state index < -0.39 is 0 Å². The molecule has 8 nitrogen and oxygen atoms in total. The predicted octanol–water partition coefficient (Wildman–Crippen LogP) is 1.61. The summed E-state index contributed by atoms with van der Waals surface area (Å²) in [5.41, 5.74) is 2.03. The van der Waals surface area contributed by atoms with Crippen molar-refractivity contribution in [2.75, 3.05) is 18.0 Å². The Balaban J connectivity index is 1.28. The lowest BCUT2D eigenvalue weighted by molar-refractivity contribution is 0.0940. The van der Waals surface area contributed by atoms with Gasteiger partial charge < -0.3 is 14.8 Å². The van der Waals surface area contributed by atoms with Gasteiger partial charge in [0.1, 0.15) is 0 Å². The lowest BCUT2D eigenvalue weighted by Gasteiger charge is -2.17. The smallest absolute Gasteiger partial charge is 0.260 e. The molecule has 148 valence electrons.